The van der Waals surface area contributed by atoms with Gasteiger partial charge >= 0.3 is 0 Å². The maximum atomic E-state index is 5.53. The van der Waals surface area contributed by atoms with Crippen molar-refractivity contribution in [3.8, 4) is 89.9 Å². The Kier molecular flexibility index (Phi) is 18.1. The van der Waals surface area contributed by atoms with Crippen LogP contribution in [0.1, 0.15) is 0 Å². The van der Waals surface area contributed by atoms with Crippen molar-refractivity contribution in [3.63, 3.8) is 0 Å². The summed E-state index contributed by atoms with van der Waals surface area (Å²) in [4.78, 5) is 84.0. The maximum Gasteiger partial charge on any atom is 0.165 e. The standard InChI is InChI=1S/C98H64N18/c1-9-27-65(28-10-1)73-43-25-26-44-78(73)113(92-85(99-49-56-106-92)66-29-11-2-12-30-66)79-63-80(114(93-86(100-50-57-107-93)67-31-13-3-14-32-67)94-87(101-51-58-108-94)68-33-15-4-16-34-68)75-47-48-77-82(116(97-90(104-54-61-111-97)71-39-21-7-22-40-71)98-91(105-55-62-112-98)72-41-23-8-24-42-72)64-81(76-46-45-74(79)83(75)84(76)77)115(95-88(102-52-59-109-95)69-35-17-5-18-36-69)96-89(103-53-60-110-96)70-37-19-6-20-38-70/h1-64H. The van der Waals surface area contributed by atoms with E-state index in [-0.39, 0.29) is 0 Å². The third kappa shape index (κ3) is 12.5. The summed E-state index contributed by atoms with van der Waals surface area (Å²) >= 11 is 0. The van der Waals surface area contributed by atoms with Crippen molar-refractivity contribution in [1.29, 1.82) is 0 Å². The average Bonchev–Trinajstić information content (AvgIpc) is 0.694. The maximum absolute atomic E-state index is 5.53. The van der Waals surface area contributed by atoms with Crippen molar-refractivity contribution in [2.24, 2.45) is 0 Å². The minimum Gasteiger partial charge on any atom is -0.292 e. The lowest BCUT2D eigenvalue weighted by molar-refractivity contribution is 1.07. The molecular weight excluding hydrogens is 1430 g/mol. The predicted molar refractivity (Wildman–Crippen MR) is 461 cm³/mol. The number of nitrogens with zero attached hydrogens (tertiary/aromatic N) is 18. The second-order valence-electron chi connectivity index (χ2n) is 27.3. The third-order valence-electron chi connectivity index (χ3n) is 20.6. The van der Waals surface area contributed by atoms with E-state index in [4.69, 9.17) is 69.8 Å². The number of anilines is 12. The van der Waals surface area contributed by atoms with Crippen LogP contribution in [-0.2, 0) is 0 Å². The summed E-state index contributed by atoms with van der Waals surface area (Å²) in [5, 5.41) is 4.72. The van der Waals surface area contributed by atoms with E-state index in [0.717, 1.165) is 88.1 Å². The molecule has 18 nitrogen and oxygen atoms in total. The monoisotopic (exact) mass is 1490 g/mol. The zero-order valence-electron chi connectivity index (χ0n) is 62.0. The van der Waals surface area contributed by atoms with Gasteiger partial charge in [-0.05, 0) is 23.8 Å². The van der Waals surface area contributed by atoms with Crippen molar-refractivity contribution < 1.29 is 0 Å². The Morgan fingerprint density at radius 2 is 0.328 bits per heavy atom. The molecule has 0 fully saturated rings. The first-order valence-electron chi connectivity index (χ1n) is 37.9. The molecule has 0 spiro atoms. The van der Waals surface area contributed by atoms with Crippen LogP contribution >= 0.6 is 0 Å². The van der Waals surface area contributed by atoms with Crippen LogP contribution in [0.15, 0.2) is 390 Å². The molecule has 7 heterocycles. The molecule has 20 rings (SSSR count). The first-order valence-corrected chi connectivity index (χ1v) is 37.9. The van der Waals surface area contributed by atoms with Gasteiger partial charge < -0.3 is 0 Å². The van der Waals surface area contributed by atoms with Gasteiger partial charge in [-0.3, -0.25) is 54.5 Å². The zero-order valence-corrected chi connectivity index (χ0v) is 62.0. The van der Waals surface area contributed by atoms with Gasteiger partial charge in [0.2, 0.25) is 0 Å². The lowest BCUT2D eigenvalue weighted by Gasteiger charge is -2.34. The fourth-order valence-corrected chi connectivity index (χ4v) is 15.6. The highest BCUT2D eigenvalue weighted by atomic mass is 15.3. The first kappa shape index (κ1) is 68.9. The summed E-state index contributed by atoms with van der Waals surface area (Å²) in [7, 11) is 0. The van der Waals surface area contributed by atoms with E-state index < -0.39 is 0 Å². The lowest BCUT2D eigenvalue weighted by Crippen LogP contribution is -2.20. The largest absolute Gasteiger partial charge is 0.292 e. The second-order valence-corrected chi connectivity index (χ2v) is 27.3. The van der Waals surface area contributed by atoms with Gasteiger partial charge in [-0.15, -0.1) is 0 Å². The Labute approximate surface area is 666 Å². The Bertz CT molecular complexity index is 5770. The van der Waals surface area contributed by atoms with Gasteiger partial charge in [0.25, 0.3) is 0 Å². The van der Waals surface area contributed by atoms with Gasteiger partial charge in [0.1, 0.15) is 39.9 Å². The van der Waals surface area contributed by atoms with Gasteiger partial charge in [-0.25, -0.2) is 34.9 Å². The SMILES string of the molecule is c1ccc(-c2ccccc2N(c2nccnc2-c2ccccc2)c2cc(N(c3nccnc3-c3ccccc3)c3nccnc3-c3ccccc3)c3ccc4c(N(c5nccnc5-c5ccccc5)c5nccnc5-c5ccccc5)cc(N(c5nccnc5-c5ccccc5)c5nccnc5-c5ccccc5)c5ccc2c3c54)cc1. The molecule has 0 aliphatic carbocycles. The zero-order chi connectivity index (χ0) is 77.1. The topological polar surface area (TPSA) is 193 Å². The fourth-order valence-electron chi connectivity index (χ4n) is 15.6. The summed E-state index contributed by atoms with van der Waals surface area (Å²) in [5.41, 5.74) is 15.1. The number of aromatic nitrogens is 14. The molecular formula is C98H64N18. The highest BCUT2D eigenvalue weighted by Crippen LogP contribution is 2.58. The van der Waals surface area contributed by atoms with Crippen LogP contribution in [0.2, 0.25) is 0 Å². The van der Waals surface area contributed by atoms with E-state index in [1.807, 2.05) is 182 Å². The summed E-state index contributed by atoms with van der Waals surface area (Å²) in [6, 6.07) is 103. The highest BCUT2D eigenvalue weighted by Gasteiger charge is 2.36. The van der Waals surface area contributed by atoms with Crippen molar-refractivity contribution in [2.75, 3.05) is 19.6 Å². The number of benzene rings is 13. The molecule has 0 bridgehead atoms. The lowest BCUT2D eigenvalue weighted by atomic mass is 9.89. The van der Waals surface area contributed by atoms with Crippen LogP contribution in [0.25, 0.3) is 122 Å². The van der Waals surface area contributed by atoms with Gasteiger partial charge in [-0.2, -0.15) is 0 Å². The molecule has 7 aromatic heterocycles. The molecule has 0 aliphatic rings. The van der Waals surface area contributed by atoms with Gasteiger partial charge in [0, 0.05) is 164 Å². The van der Waals surface area contributed by atoms with E-state index in [0.29, 0.717) is 103 Å². The molecule has 0 radical (unpaired) electrons. The first-order chi connectivity index (χ1) is 57.7. The van der Waals surface area contributed by atoms with E-state index >= 15 is 0 Å². The van der Waals surface area contributed by atoms with Crippen molar-refractivity contribution in [2.45, 2.75) is 0 Å². The molecule has 18 heteroatoms. The number of hydrogen-bond acceptors (Lipinski definition) is 18. The molecule has 0 aliphatic heterocycles. The van der Waals surface area contributed by atoms with Crippen LogP contribution in [0.3, 0.4) is 0 Å². The van der Waals surface area contributed by atoms with Crippen molar-refractivity contribution in [1.82, 2.24) is 69.8 Å². The Hall–Kier alpha value is -16.3. The minimum absolute atomic E-state index is 0.456. The van der Waals surface area contributed by atoms with Crippen LogP contribution < -0.4 is 19.6 Å². The number of para-hydroxylation sites is 1. The van der Waals surface area contributed by atoms with Crippen LogP contribution in [0.5, 0.6) is 0 Å². The fraction of sp³-hybridized carbons (Fsp3) is 0. The number of hydrogen-bond donors (Lipinski definition) is 0. The van der Waals surface area contributed by atoms with Crippen LogP contribution in [-0.4, -0.2) is 69.8 Å². The quantitative estimate of drug-likeness (QED) is 0.0653. The van der Waals surface area contributed by atoms with E-state index in [9.17, 15) is 0 Å². The van der Waals surface area contributed by atoms with E-state index in [2.05, 4.69) is 141 Å². The average molecular weight is 1490 g/mol. The number of rotatable bonds is 20. The van der Waals surface area contributed by atoms with Crippen molar-refractivity contribution >= 4 is 101 Å². The molecule has 0 amide bonds. The van der Waals surface area contributed by atoms with Gasteiger partial charge in [-0.1, -0.05) is 285 Å². The summed E-state index contributed by atoms with van der Waals surface area (Å²) in [6.45, 7) is 0. The summed E-state index contributed by atoms with van der Waals surface area (Å²) in [5.74, 6) is 3.30. The highest BCUT2D eigenvalue weighted by molar-refractivity contribution is 6.33. The smallest absolute Gasteiger partial charge is 0.165 e. The predicted octanol–water partition coefficient (Wildman–Crippen LogP) is 23.3. The second kappa shape index (κ2) is 30.5. The van der Waals surface area contributed by atoms with Gasteiger partial charge in [0.15, 0.2) is 40.7 Å². The Morgan fingerprint density at radius 1 is 0.147 bits per heavy atom. The summed E-state index contributed by atoms with van der Waals surface area (Å²) in [6.07, 6.45) is 24.3. The minimum atomic E-state index is 0.456. The summed E-state index contributed by atoms with van der Waals surface area (Å²) < 4.78 is 0. The van der Waals surface area contributed by atoms with Crippen LogP contribution in [0, 0.1) is 0 Å². The molecule has 13 aromatic carbocycles. The molecule has 0 saturated heterocycles. The molecule has 0 unspecified atom stereocenters. The molecule has 546 valence electrons. The van der Waals surface area contributed by atoms with E-state index in [1.165, 1.54) is 0 Å². The Balaban J connectivity index is 1.03. The molecule has 116 heavy (non-hydrogen) atoms. The van der Waals surface area contributed by atoms with Gasteiger partial charge in [0.05, 0.1) is 28.4 Å². The van der Waals surface area contributed by atoms with E-state index in [1.54, 1.807) is 86.8 Å². The van der Waals surface area contributed by atoms with Crippen LogP contribution in [0.4, 0.5) is 69.2 Å². The molecule has 0 N–H and O–H groups in total. The Morgan fingerprint density at radius 3 is 0.560 bits per heavy atom. The molecule has 20 aromatic rings. The third-order valence-corrected chi connectivity index (χ3v) is 20.6. The molecule has 0 atom stereocenters. The van der Waals surface area contributed by atoms with Crippen molar-refractivity contribution in [3.05, 3.63) is 390 Å². The normalized spacial score (nSPS) is 11.3. The molecule has 0 saturated carbocycles.